The van der Waals surface area contributed by atoms with E-state index in [1.807, 2.05) is 0 Å². The molecule has 0 radical (unpaired) electrons. The lowest BCUT2D eigenvalue weighted by molar-refractivity contribution is -0.000206. The van der Waals surface area contributed by atoms with Gasteiger partial charge in [-0.15, -0.1) is 0 Å². The van der Waals surface area contributed by atoms with Crippen molar-refractivity contribution in [2.24, 2.45) is 0 Å². The lowest BCUT2D eigenvalue weighted by Gasteiger charge is -2.48. The van der Waals surface area contributed by atoms with Gasteiger partial charge in [-0.05, 0) is 271 Å². The number of hydrogen-bond acceptors (Lipinski definition) is 16. The molecular weight excluding hydrogens is 1170 g/mol. The zero-order valence-electron chi connectivity index (χ0n) is 74.5. The molecule has 0 saturated carbocycles. The van der Waals surface area contributed by atoms with E-state index < -0.39 is 0 Å². The zero-order chi connectivity index (χ0) is 76.6. The fourth-order valence-corrected chi connectivity index (χ4v) is 15.0. The van der Waals surface area contributed by atoms with Gasteiger partial charge < -0.3 is 40.4 Å². The predicted molar refractivity (Wildman–Crippen MR) is 423 cm³/mol. The van der Waals surface area contributed by atoms with Gasteiger partial charge in [0, 0.05) is 249 Å². The molecule has 570 valence electrons. The summed E-state index contributed by atoms with van der Waals surface area (Å²) < 4.78 is 22.9. The molecule has 16 heteroatoms. The molecule has 16 nitrogen and oxygen atoms in total. The molecule has 0 aromatic heterocycles. The quantitative estimate of drug-likeness (QED) is 0.215. The van der Waals surface area contributed by atoms with Gasteiger partial charge in [0.15, 0.2) is 0 Å². The van der Waals surface area contributed by atoms with Crippen molar-refractivity contribution in [2.45, 2.75) is 340 Å². The second-order valence-electron chi connectivity index (χ2n) is 39.0. The fraction of sp³-hybridized carbons (Fsp3) is 1.00. The molecule has 8 heterocycles. The maximum absolute atomic E-state index is 7.79. The minimum atomic E-state index is 0.240. The van der Waals surface area contributed by atoms with Crippen LogP contribution in [0.1, 0.15) is 235 Å². The number of nitrogens with zero attached hydrogens (tertiary/aromatic N) is 13. The summed E-state index contributed by atoms with van der Waals surface area (Å²) in [4.78, 5) is 32.4. The zero-order valence-corrected chi connectivity index (χ0v) is 71.5. The standard InChI is InChI=1S/2C11H24N2.3C10H22N2.3C9H20N2/c2*1-9-8-13(11(3,4)5)10(2)7-12(9)6;1-8-6-12(10(3,4)5)7-9(2)11-8;2*1-9-8-11(5)6-7-12(9)10(2,3)4;1-9(2,3)11-7-5-10(4)6-8-11;2*1-8-7-11(6-5-10-8)9(2,3)4/h2*9-10H,7-8H2,1-6H3;8-9,11H,6-7H2,1-5H3;2*9H,6-8H2,1-5H3;5-8H2,1-4H3;2*8,10H,5-7H2,1-4H3/t2*9-,10+;8-,9+;2*9-;;2*8-/m10.10.10/s1/i/hT3. The summed E-state index contributed by atoms with van der Waals surface area (Å²) in [5.74, 6) is 0. The molecular formula is C79H174N16. The van der Waals surface area contributed by atoms with Crippen molar-refractivity contribution in [1.82, 2.24) is 79.6 Å². The number of piperazine rings is 8. The van der Waals surface area contributed by atoms with Crippen molar-refractivity contribution in [1.29, 1.82) is 0 Å². The molecule has 8 fully saturated rings. The number of likely N-dealkylation sites (N-methyl/N-ethyl adjacent to an activating group) is 5. The van der Waals surface area contributed by atoms with E-state index in [0.29, 0.717) is 88.1 Å². The summed E-state index contributed by atoms with van der Waals surface area (Å²) in [6.07, 6.45) is 0. The van der Waals surface area contributed by atoms with Gasteiger partial charge in [-0.3, -0.25) is 39.2 Å². The summed E-state index contributed by atoms with van der Waals surface area (Å²) in [5.41, 5.74) is 2.42. The molecule has 10 atom stereocenters. The van der Waals surface area contributed by atoms with Crippen LogP contribution in [0.25, 0.3) is 0 Å². The summed E-state index contributed by atoms with van der Waals surface area (Å²) >= 11 is 0. The maximum Gasteiger partial charge on any atom is 0.123 e. The topological polar surface area (TPSA) is 78.2 Å². The SMILES string of the molecule is CN1CCN(C(C)(C)C)CC1.C[C@@H]1CN(C(C)(C)C)[C@@H](C)CN1C.C[C@@H]1CN(C)CCN1C(C)(C)C.C[C@@H]1CN(C)[C@@H](C)CN1C(C)(C)C.C[C@H]1CN(C)CCN1C(C)(C)C.[3H]N1CCN(C(C)(C)C)C[C@@H]1C.[3H]N1CCN(C(C)(C)C)C[C@H]1C.[3H]N1[C@H](C)CN(C(C)(C)C)C[C@@H]1C. The van der Waals surface area contributed by atoms with Crippen molar-refractivity contribution in [3.8, 4) is 0 Å². The average Bonchev–Trinajstić information content (AvgIpc) is 0.746. The van der Waals surface area contributed by atoms with Gasteiger partial charge in [0.2, 0.25) is 0 Å². The van der Waals surface area contributed by atoms with Gasteiger partial charge in [0.25, 0.3) is 0 Å². The monoisotopic (exact) mass is 1350 g/mol. The minimum Gasteiger partial charge on any atom is -0.312 e. The molecule has 3 N–H and O–H groups in total. The van der Waals surface area contributed by atoms with Crippen LogP contribution in [0.15, 0.2) is 0 Å². The van der Waals surface area contributed by atoms with Crippen LogP contribution in [-0.2, 0) is 0 Å². The molecule has 8 rings (SSSR count). The van der Waals surface area contributed by atoms with E-state index in [1.54, 1.807) is 15.9 Å². The molecule has 0 aromatic rings. The molecule has 0 aliphatic carbocycles. The van der Waals surface area contributed by atoms with Crippen molar-refractivity contribution in [2.75, 3.05) is 179 Å². The largest absolute Gasteiger partial charge is 0.312 e. The van der Waals surface area contributed by atoms with Crippen LogP contribution in [0.4, 0.5) is 0 Å². The first-order chi connectivity index (χ1) is 44.1. The average molecular weight is 1350 g/mol. The maximum atomic E-state index is 7.79. The highest BCUT2D eigenvalue weighted by atomic mass is 15.3. The number of hydrogen-bond donors (Lipinski definition) is 3. The predicted octanol–water partition coefficient (Wildman–Crippen LogP) is 11.1. The Kier molecular flexibility index (Phi) is 36.4. The third-order valence-electron chi connectivity index (χ3n) is 21.1. The Balaban J connectivity index is 0.000000560. The second-order valence-corrected chi connectivity index (χ2v) is 39.0. The van der Waals surface area contributed by atoms with E-state index in [1.165, 1.54) is 91.6 Å². The smallest absolute Gasteiger partial charge is 0.123 e. The van der Waals surface area contributed by atoms with Crippen molar-refractivity contribution in [3.63, 3.8) is 0 Å². The van der Waals surface area contributed by atoms with Crippen molar-refractivity contribution in [3.05, 3.63) is 0 Å². The van der Waals surface area contributed by atoms with E-state index in [4.69, 9.17) is 4.24 Å². The van der Waals surface area contributed by atoms with E-state index >= 15 is 0 Å². The Labute approximate surface area is 600 Å². The van der Waals surface area contributed by atoms with Gasteiger partial charge in [0.05, 0.1) is 0 Å². The highest BCUT2D eigenvalue weighted by Crippen LogP contribution is 2.26. The first-order valence-electron chi connectivity index (χ1n) is 39.8. The van der Waals surface area contributed by atoms with Gasteiger partial charge >= 0.3 is 0 Å². The van der Waals surface area contributed by atoms with Gasteiger partial charge in [-0.2, -0.15) is 0 Å². The molecule has 0 spiro atoms. The molecule has 95 heavy (non-hydrogen) atoms. The van der Waals surface area contributed by atoms with Crippen LogP contribution >= 0.6 is 0 Å². The Morgan fingerprint density at radius 1 is 0.242 bits per heavy atom. The molecule has 8 aliphatic heterocycles. The highest BCUT2D eigenvalue weighted by Gasteiger charge is 2.37. The van der Waals surface area contributed by atoms with Crippen LogP contribution in [-0.4, -0.2) is 348 Å². The lowest BCUT2D eigenvalue weighted by atomic mass is 9.99. The Morgan fingerprint density at radius 2 is 0.505 bits per heavy atom. The summed E-state index contributed by atoms with van der Waals surface area (Å²) in [7, 11) is 11.1. The number of nitrogens with one attached hydrogen (secondary N) is 3. The van der Waals surface area contributed by atoms with Crippen LogP contribution in [0.5, 0.6) is 0 Å². The van der Waals surface area contributed by atoms with E-state index in [2.05, 4.69) is 334 Å². The molecule has 8 saturated heterocycles. The normalized spacial score (nSPS) is 31.4. The van der Waals surface area contributed by atoms with Crippen LogP contribution in [0.3, 0.4) is 0 Å². The van der Waals surface area contributed by atoms with Gasteiger partial charge in [0.1, 0.15) is 4.24 Å². The van der Waals surface area contributed by atoms with E-state index in [0.717, 1.165) is 52.4 Å². The summed E-state index contributed by atoms with van der Waals surface area (Å²) in [5, 5.41) is 5.09. The van der Waals surface area contributed by atoms with Crippen LogP contribution < -0.4 is 15.9 Å². The lowest BCUT2D eigenvalue weighted by Crippen LogP contribution is -2.60. The fourth-order valence-electron chi connectivity index (χ4n) is 15.0. The van der Waals surface area contributed by atoms with Crippen LogP contribution in [0.2, 0.25) is 4.24 Å². The second kappa shape index (κ2) is 39.9. The van der Waals surface area contributed by atoms with Gasteiger partial charge in [-0.1, -0.05) is 0 Å². The Hall–Kier alpha value is -0.640. The van der Waals surface area contributed by atoms with Crippen LogP contribution in [0, 0.1) is 0 Å². The number of rotatable bonds is 0. The third-order valence-corrected chi connectivity index (χ3v) is 21.1. The summed E-state index contributed by atoms with van der Waals surface area (Å²) in [6, 6.07) is 5.59. The molecule has 8 aliphatic rings. The Bertz CT molecular complexity index is 2010. The molecule has 0 unspecified atom stereocenters. The van der Waals surface area contributed by atoms with Gasteiger partial charge in [-0.25, -0.2) is 0 Å². The van der Waals surface area contributed by atoms with E-state index in [-0.39, 0.29) is 16.6 Å². The molecule has 0 amide bonds. The highest BCUT2D eigenvalue weighted by molar-refractivity contribution is 4.94. The minimum absolute atomic E-state index is 0.240. The molecule has 0 bridgehead atoms. The van der Waals surface area contributed by atoms with Crippen molar-refractivity contribution >= 4 is 0 Å². The Morgan fingerprint density at radius 3 is 0.758 bits per heavy atom. The first-order valence-corrected chi connectivity index (χ1v) is 38.4. The summed E-state index contributed by atoms with van der Waals surface area (Å²) in [6.45, 7) is 102. The molecule has 0 aromatic carbocycles. The third kappa shape index (κ3) is 35.9. The first kappa shape index (κ1) is 86.8. The van der Waals surface area contributed by atoms with Crippen molar-refractivity contribution < 1.29 is 4.24 Å². The van der Waals surface area contributed by atoms with E-state index in [9.17, 15) is 0 Å².